The van der Waals surface area contributed by atoms with Gasteiger partial charge in [-0.1, -0.05) is 0 Å². The maximum Gasteiger partial charge on any atom is 0.307 e. The minimum atomic E-state index is -0.843. The molecule has 0 spiro atoms. The van der Waals surface area contributed by atoms with E-state index in [-0.39, 0.29) is 12.6 Å². The Bertz CT molecular complexity index is 186. The molecule has 0 aromatic carbocycles. The molecule has 1 atom stereocenters. The van der Waals surface area contributed by atoms with E-state index in [2.05, 4.69) is 10.3 Å². The lowest BCUT2D eigenvalue weighted by Crippen LogP contribution is -2.27. The van der Waals surface area contributed by atoms with Gasteiger partial charge in [-0.25, -0.2) is 0 Å². The topological polar surface area (TPSA) is 61.7 Å². The summed E-state index contributed by atoms with van der Waals surface area (Å²) in [7, 11) is 0. The van der Waals surface area contributed by atoms with E-state index in [9.17, 15) is 4.79 Å². The monoisotopic (exact) mass is 140 g/mol. The molecule has 0 amide bonds. The number of carbonyl (C=O) groups is 1. The summed E-state index contributed by atoms with van der Waals surface area (Å²) in [5.41, 5.74) is 0. The third-order valence-corrected chi connectivity index (χ3v) is 1.10. The predicted molar refractivity (Wildman–Crippen MR) is 36.8 cm³/mol. The lowest BCUT2D eigenvalue weighted by atomic mass is 10.3. The van der Waals surface area contributed by atoms with Crippen LogP contribution in [0, 0.1) is 0 Å². The highest BCUT2D eigenvalue weighted by Crippen LogP contribution is 1.95. The van der Waals surface area contributed by atoms with E-state index < -0.39 is 5.97 Å². The molecule has 4 heteroatoms. The molecule has 1 heterocycles. The predicted octanol–water partition coefficient (Wildman–Crippen LogP) is -0.0251. The molecule has 0 saturated heterocycles. The van der Waals surface area contributed by atoms with Crippen LogP contribution >= 0.6 is 0 Å². The van der Waals surface area contributed by atoms with Gasteiger partial charge in [0.25, 0.3) is 0 Å². The first kappa shape index (κ1) is 6.80. The molecular weight excluding hydrogens is 132 g/mol. The van der Waals surface area contributed by atoms with Crippen molar-refractivity contribution in [2.24, 2.45) is 4.99 Å². The summed E-state index contributed by atoms with van der Waals surface area (Å²) in [5.74, 6) is -0.843. The number of hydrogen-bond acceptors (Lipinski definition) is 3. The molecule has 0 fully saturated rings. The van der Waals surface area contributed by atoms with Gasteiger partial charge in [0, 0.05) is 6.21 Å². The number of rotatable bonds is 2. The maximum absolute atomic E-state index is 10.1. The maximum atomic E-state index is 10.1. The van der Waals surface area contributed by atoms with E-state index in [4.69, 9.17) is 5.11 Å². The van der Waals surface area contributed by atoms with Gasteiger partial charge >= 0.3 is 5.97 Å². The molecule has 2 N–H and O–H groups in total. The Balaban J connectivity index is 2.37. The van der Waals surface area contributed by atoms with Gasteiger partial charge in [-0.2, -0.15) is 0 Å². The fraction of sp³-hybridized carbons (Fsp3) is 0.333. The Morgan fingerprint density at radius 3 is 3.10 bits per heavy atom. The lowest BCUT2D eigenvalue weighted by Gasteiger charge is -2.11. The molecule has 0 aliphatic carbocycles. The second-order valence-corrected chi connectivity index (χ2v) is 1.94. The van der Waals surface area contributed by atoms with Gasteiger partial charge in [-0.15, -0.1) is 0 Å². The van der Waals surface area contributed by atoms with Crippen LogP contribution in [-0.4, -0.2) is 23.5 Å². The zero-order valence-corrected chi connectivity index (χ0v) is 5.32. The highest BCUT2D eigenvalue weighted by atomic mass is 16.4. The van der Waals surface area contributed by atoms with Gasteiger partial charge < -0.3 is 10.4 Å². The van der Waals surface area contributed by atoms with Crippen LogP contribution in [-0.2, 0) is 4.79 Å². The summed E-state index contributed by atoms with van der Waals surface area (Å²) >= 11 is 0. The van der Waals surface area contributed by atoms with Gasteiger partial charge in [0.05, 0.1) is 6.42 Å². The first-order valence-electron chi connectivity index (χ1n) is 2.95. The number of carboxylic acid groups (broad SMARTS) is 1. The van der Waals surface area contributed by atoms with Crippen LogP contribution < -0.4 is 5.32 Å². The number of nitrogens with zero attached hydrogens (tertiary/aromatic N) is 1. The van der Waals surface area contributed by atoms with Crippen molar-refractivity contribution in [2.75, 3.05) is 0 Å². The van der Waals surface area contributed by atoms with Crippen molar-refractivity contribution in [3.63, 3.8) is 0 Å². The molecule has 4 nitrogen and oxygen atoms in total. The van der Waals surface area contributed by atoms with Crippen LogP contribution in [0.3, 0.4) is 0 Å². The molecule has 1 aliphatic rings. The van der Waals surface area contributed by atoms with Crippen molar-refractivity contribution < 1.29 is 9.90 Å². The fourth-order valence-electron chi connectivity index (χ4n) is 0.683. The van der Waals surface area contributed by atoms with Crippen LogP contribution in [0.2, 0.25) is 0 Å². The highest BCUT2D eigenvalue weighted by molar-refractivity contribution is 5.73. The van der Waals surface area contributed by atoms with E-state index in [0.29, 0.717) is 0 Å². The van der Waals surface area contributed by atoms with E-state index >= 15 is 0 Å². The first-order valence-corrected chi connectivity index (χ1v) is 2.95. The van der Waals surface area contributed by atoms with Crippen LogP contribution in [0.15, 0.2) is 17.3 Å². The molecule has 1 rings (SSSR count). The number of hydrogen-bond donors (Lipinski definition) is 2. The van der Waals surface area contributed by atoms with Crippen LogP contribution in [0.1, 0.15) is 6.42 Å². The molecule has 0 aromatic heterocycles. The third-order valence-electron chi connectivity index (χ3n) is 1.10. The number of aliphatic carboxylic acids is 1. The molecular formula is C6H8N2O2. The van der Waals surface area contributed by atoms with Gasteiger partial charge in [-0.05, 0) is 12.3 Å². The molecule has 0 bridgehead atoms. The molecule has 54 valence electrons. The first-order chi connectivity index (χ1) is 4.79. The second kappa shape index (κ2) is 3.00. The standard InChI is InChI=1S/C6H8N2O2/c9-6(10)4-5-7-2-1-3-8-5/h1-3,5,7H,4H2,(H,9,10). The molecule has 0 saturated carbocycles. The normalized spacial score (nSPS) is 22.2. The van der Waals surface area contributed by atoms with E-state index in [0.717, 1.165) is 0 Å². The quantitative estimate of drug-likeness (QED) is 0.566. The van der Waals surface area contributed by atoms with Crippen LogP contribution in [0.4, 0.5) is 0 Å². The lowest BCUT2D eigenvalue weighted by molar-refractivity contribution is -0.137. The van der Waals surface area contributed by atoms with Crippen molar-refractivity contribution in [1.29, 1.82) is 0 Å². The summed E-state index contributed by atoms with van der Waals surface area (Å²) in [6, 6.07) is 0. The highest BCUT2D eigenvalue weighted by Gasteiger charge is 2.08. The van der Waals surface area contributed by atoms with E-state index in [1.54, 1.807) is 18.5 Å². The Hall–Kier alpha value is -1.32. The number of allylic oxidation sites excluding steroid dienone is 1. The van der Waals surface area contributed by atoms with Crippen LogP contribution in [0.25, 0.3) is 0 Å². The molecule has 0 radical (unpaired) electrons. The Morgan fingerprint density at radius 2 is 2.60 bits per heavy atom. The summed E-state index contributed by atoms with van der Waals surface area (Å²) in [6.07, 6.45) is 4.73. The average Bonchev–Trinajstić information content (AvgIpc) is 1.88. The summed E-state index contributed by atoms with van der Waals surface area (Å²) < 4.78 is 0. The Kier molecular flexibility index (Phi) is 2.04. The molecule has 1 aliphatic heterocycles. The smallest absolute Gasteiger partial charge is 0.307 e. The summed E-state index contributed by atoms with van der Waals surface area (Å²) in [6.45, 7) is 0. The largest absolute Gasteiger partial charge is 0.481 e. The zero-order chi connectivity index (χ0) is 7.40. The van der Waals surface area contributed by atoms with E-state index in [1.807, 2.05) is 0 Å². The number of carboxylic acids is 1. The Morgan fingerprint density at radius 1 is 1.80 bits per heavy atom. The van der Waals surface area contributed by atoms with Crippen molar-refractivity contribution >= 4 is 12.2 Å². The third kappa shape index (κ3) is 1.89. The SMILES string of the molecule is O=C(O)CC1N=CC=CN1. The average molecular weight is 140 g/mol. The Labute approximate surface area is 58.3 Å². The van der Waals surface area contributed by atoms with Crippen LogP contribution in [0.5, 0.6) is 0 Å². The minimum Gasteiger partial charge on any atom is -0.481 e. The van der Waals surface area contributed by atoms with Crippen molar-refractivity contribution in [3.8, 4) is 0 Å². The molecule has 0 aromatic rings. The molecule has 1 unspecified atom stereocenters. The van der Waals surface area contributed by atoms with Gasteiger partial charge in [0.1, 0.15) is 6.17 Å². The van der Waals surface area contributed by atoms with Crippen molar-refractivity contribution in [1.82, 2.24) is 5.32 Å². The zero-order valence-electron chi connectivity index (χ0n) is 5.32. The van der Waals surface area contributed by atoms with Crippen molar-refractivity contribution in [3.05, 3.63) is 12.3 Å². The van der Waals surface area contributed by atoms with Gasteiger partial charge in [0.15, 0.2) is 0 Å². The minimum absolute atomic E-state index is 0.0286. The van der Waals surface area contributed by atoms with Gasteiger partial charge in [0.2, 0.25) is 0 Å². The van der Waals surface area contributed by atoms with Gasteiger partial charge in [-0.3, -0.25) is 9.79 Å². The fourth-order valence-corrected chi connectivity index (χ4v) is 0.683. The summed E-state index contributed by atoms with van der Waals surface area (Å²) in [4.78, 5) is 14.0. The van der Waals surface area contributed by atoms with Crippen molar-refractivity contribution in [2.45, 2.75) is 12.6 Å². The second-order valence-electron chi connectivity index (χ2n) is 1.94. The van der Waals surface area contributed by atoms with E-state index in [1.165, 1.54) is 0 Å². The number of nitrogens with one attached hydrogen (secondary N) is 1. The molecule has 10 heavy (non-hydrogen) atoms. The summed E-state index contributed by atoms with van der Waals surface area (Å²) in [5, 5.41) is 11.1. The number of aliphatic imine (C=N–C) groups is 1.